The molecule has 0 aliphatic heterocycles. The summed E-state index contributed by atoms with van der Waals surface area (Å²) < 4.78 is 2.28. The summed E-state index contributed by atoms with van der Waals surface area (Å²) in [7, 11) is 1.96. The fourth-order valence-electron chi connectivity index (χ4n) is 1.91. The van der Waals surface area contributed by atoms with Crippen molar-refractivity contribution in [1.29, 1.82) is 0 Å². The van der Waals surface area contributed by atoms with Crippen LogP contribution < -0.4 is 5.32 Å². The molecule has 1 aromatic carbocycles. The highest BCUT2D eigenvalue weighted by molar-refractivity contribution is 7.99. The summed E-state index contributed by atoms with van der Waals surface area (Å²) in [6, 6.07) is 10.5. The number of aromatic nitrogens is 2. The van der Waals surface area contributed by atoms with E-state index in [1.807, 2.05) is 25.0 Å². The van der Waals surface area contributed by atoms with Gasteiger partial charge in [-0.1, -0.05) is 18.2 Å². The number of nitrogens with zero attached hydrogens (tertiary/aromatic N) is 2. The van der Waals surface area contributed by atoms with Gasteiger partial charge in [0.1, 0.15) is 5.82 Å². The summed E-state index contributed by atoms with van der Waals surface area (Å²) in [5, 5.41) is 3.18. The van der Waals surface area contributed by atoms with Crippen LogP contribution in [-0.4, -0.2) is 22.4 Å². The minimum atomic E-state index is 0.872. The second-order valence-corrected chi connectivity index (χ2v) is 5.31. The lowest BCUT2D eigenvalue weighted by molar-refractivity contribution is 0.662. The van der Waals surface area contributed by atoms with E-state index in [0.717, 1.165) is 24.7 Å². The highest BCUT2D eigenvalue weighted by Crippen LogP contribution is 2.18. The molecular formula is C14H19N3S. The lowest BCUT2D eigenvalue weighted by Gasteiger charge is -2.09. The normalized spacial score (nSPS) is 10.8. The van der Waals surface area contributed by atoms with Crippen molar-refractivity contribution in [3.05, 3.63) is 48.0 Å². The van der Waals surface area contributed by atoms with Crippen molar-refractivity contribution < 1.29 is 0 Å². The van der Waals surface area contributed by atoms with E-state index in [1.54, 1.807) is 0 Å². The zero-order valence-corrected chi connectivity index (χ0v) is 11.7. The summed E-state index contributed by atoms with van der Waals surface area (Å²) in [6.07, 6.45) is 1.96. The first-order valence-electron chi connectivity index (χ1n) is 6.14. The van der Waals surface area contributed by atoms with Crippen LogP contribution >= 0.6 is 11.8 Å². The van der Waals surface area contributed by atoms with E-state index in [4.69, 9.17) is 0 Å². The van der Waals surface area contributed by atoms with Crippen LogP contribution in [0.4, 0.5) is 0 Å². The van der Waals surface area contributed by atoms with Gasteiger partial charge in [0.15, 0.2) is 0 Å². The Hall–Kier alpha value is -1.26. The molecule has 1 N–H and O–H groups in total. The van der Waals surface area contributed by atoms with E-state index in [9.17, 15) is 0 Å². The molecule has 0 saturated carbocycles. The van der Waals surface area contributed by atoms with Crippen molar-refractivity contribution >= 4 is 11.8 Å². The van der Waals surface area contributed by atoms with Crippen LogP contribution in [0.1, 0.15) is 11.5 Å². The molecule has 1 aromatic heterocycles. The number of nitrogens with one attached hydrogen (secondary N) is 1. The molecule has 0 aliphatic rings. The summed E-state index contributed by atoms with van der Waals surface area (Å²) in [6.45, 7) is 3.94. The van der Waals surface area contributed by atoms with Crippen molar-refractivity contribution in [1.82, 2.24) is 14.9 Å². The van der Waals surface area contributed by atoms with Gasteiger partial charge in [0.2, 0.25) is 0 Å². The Labute approximate surface area is 113 Å². The highest BCUT2D eigenvalue weighted by atomic mass is 32.2. The van der Waals surface area contributed by atoms with E-state index in [-0.39, 0.29) is 0 Å². The SMILES string of the molecule is CNCc1cnc(C)n1CCSc1ccccc1. The van der Waals surface area contributed by atoms with E-state index >= 15 is 0 Å². The Morgan fingerprint density at radius 2 is 2.06 bits per heavy atom. The van der Waals surface area contributed by atoms with Gasteiger partial charge < -0.3 is 9.88 Å². The van der Waals surface area contributed by atoms with E-state index in [1.165, 1.54) is 10.6 Å². The number of rotatable bonds is 6. The summed E-state index contributed by atoms with van der Waals surface area (Å²) in [5.41, 5.74) is 1.25. The quantitative estimate of drug-likeness (QED) is 0.811. The predicted octanol–water partition coefficient (Wildman–Crippen LogP) is 2.70. The second kappa shape index (κ2) is 6.61. The molecule has 0 aliphatic carbocycles. The van der Waals surface area contributed by atoms with Gasteiger partial charge in [-0.15, -0.1) is 11.8 Å². The van der Waals surface area contributed by atoms with Gasteiger partial charge in [-0.2, -0.15) is 0 Å². The molecule has 0 saturated heterocycles. The van der Waals surface area contributed by atoms with E-state index < -0.39 is 0 Å². The average Bonchev–Trinajstić information content (AvgIpc) is 2.73. The minimum Gasteiger partial charge on any atom is -0.330 e. The number of hydrogen-bond acceptors (Lipinski definition) is 3. The molecule has 0 amide bonds. The molecule has 0 fully saturated rings. The van der Waals surface area contributed by atoms with Gasteiger partial charge in [0.25, 0.3) is 0 Å². The van der Waals surface area contributed by atoms with Gasteiger partial charge in [-0.25, -0.2) is 4.98 Å². The molecule has 3 nitrogen and oxygen atoms in total. The first-order valence-corrected chi connectivity index (χ1v) is 7.13. The molecule has 0 bridgehead atoms. The Morgan fingerprint density at radius 1 is 1.28 bits per heavy atom. The highest BCUT2D eigenvalue weighted by Gasteiger charge is 2.05. The first-order chi connectivity index (χ1) is 8.81. The molecule has 96 valence electrons. The van der Waals surface area contributed by atoms with Gasteiger partial charge in [0.05, 0.1) is 5.69 Å². The zero-order chi connectivity index (χ0) is 12.8. The molecule has 4 heteroatoms. The van der Waals surface area contributed by atoms with Crippen molar-refractivity contribution in [2.45, 2.75) is 24.9 Å². The lowest BCUT2D eigenvalue weighted by atomic mass is 10.4. The summed E-state index contributed by atoms with van der Waals surface area (Å²) >= 11 is 1.89. The number of thioether (sulfide) groups is 1. The molecule has 0 atom stereocenters. The Morgan fingerprint density at radius 3 is 2.78 bits per heavy atom. The maximum atomic E-state index is 4.37. The van der Waals surface area contributed by atoms with Crippen molar-refractivity contribution in [3.63, 3.8) is 0 Å². The topological polar surface area (TPSA) is 29.9 Å². The van der Waals surface area contributed by atoms with Crippen molar-refractivity contribution in [2.24, 2.45) is 0 Å². The number of imidazole rings is 1. The third-order valence-electron chi connectivity index (χ3n) is 2.82. The fraction of sp³-hybridized carbons (Fsp3) is 0.357. The molecule has 0 spiro atoms. The van der Waals surface area contributed by atoms with Crippen LogP contribution in [-0.2, 0) is 13.1 Å². The average molecular weight is 261 g/mol. The Balaban J connectivity index is 1.92. The third-order valence-corrected chi connectivity index (χ3v) is 3.81. The largest absolute Gasteiger partial charge is 0.330 e. The summed E-state index contributed by atoms with van der Waals surface area (Å²) in [5.74, 6) is 2.16. The maximum Gasteiger partial charge on any atom is 0.105 e. The van der Waals surface area contributed by atoms with Crippen LogP contribution in [0.3, 0.4) is 0 Å². The van der Waals surface area contributed by atoms with Crippen LogP contribution in [0.15, 0.2) is 41.4 Å². The van der Waals surface area contributed by atoms with Gasteiger partial charge >= 0.3 is 0 Å². The van der Waals surface area contributed by atoms with Crippen molar-refractivity contribution in [2.75, 3.05) is 12.8 Å². The molecule has 0 unspecified atom stereocenters. The molecule has 18 heavy (non-hydrogen) atoms. The maximum absolute atomic E-state index is 4.37. The monoisotopic (exact) mass is 261 g/mol. The number of hydrogen-bond donors (Lipinski definition) is 1. The van der Waals surface area contributed by atoms with Crippen LogP contribution in [0.5, 0.6) is 0 Å². The summed E-state index contributed by atoms with van der Waals surface area (Å²) in [4.78, 5) is 5.70. The Bertz CT molecular complexity index is 479. The first kappa shape index (κ1) is 13.2. The van der Waals surface area contributed by atoms with Gasteiger partial charge in [-0.05, 0) is 26.1 Å². The number of benzene rings is 1. The smallest absolute Gasteiger partial charge is 0.105 e. The number of aryl methyl sites for hydroxylation is 1. The molecule has 2 rings (SSSR count). The van der Waals surface area contributed by atoms with Gasteiger partial charge in [0, 0.05) is 29.9 Å². The zero-order valence-electron chi connectivity index (χ0n) is 10.9. The molecular weight excluding hydrogens is 242 g/mol. The van der Waals surface area contributed by atoms with E-state index in [0.29, 0.717) is 0 Å². The third kappa shape index (κ3) is 3.37. The molecule has 0 radical (unpaired) electrons. The standard InChI is InChI=1S/C14H19N3S/c1-12-16-11-13(10-15-2)17(12)8-9-18-14-6-4-3-5-7-14/h3-7,11,15H,8-10H2,1-2H3. The Kier molecular flexibility index (Phi) is 4.84. The molecule has 1 heterocycles. The fourth-order valence-corrected chi connectivity index (χ4v) is 2.77. The van der Waals surface area contributed by atoms with Crippen molar-refractivity contribution in [3.8, 4) is 0 Å². The molecule has 2 aromatic rings. The second-order valence-electron chi connectivity index (χ2n) is 4.14. The van der Waals surface area contributed by atoms with Crippen LogP contribution in [0.2, 0.25) is 0 Å². The minimum absolute atomic E-state index is 0.872. The predicted molar refractivity (Wildman–Crippen MR) is 76.9 cm³/mol. The van der Waals surface area contributed by atoms with E-state index in [2.05, 4.69) is 52.1 Å². The van der Waals surface area contributed by atoms with Crippen LogP contribution in [0.25, 0.3) is 0 Å². The van der Waals surface area contributed by atoms with Gasteiger partial charge in [-0.3, -0.25) is 0 Å². The lowest BCUT2D eigenvalue weighted by Crippen LogP contribution is -2.13. The van der Waals surface area contributed by atoms with Crippen LogP contribution in [0, 0.1) is 6.92 Å².